The predicted molar refractivity (Wildman–Crippen MR) is 208 cm³/mol. The van der Waals surface area contributed by atoms with Gasteiger partial charge in [-0.3, -0.25) is 0 Å². The van der Waals surface area contributed by atoms with Crippen LogP contribution in [0.5, 0.6) is 11.5 Å². The zero-order chi connectivity index (χ0) is 33.2. The van der Waals surface area contributed by atoms with Gasteiger partial charge in [-0.2, -0.15) is 47.0 Å². The maximum Gasteiger partial charge on any atom is 0.138 e. The van der Waals surface area contributed by atoms with Gasteiger partial charge in [0.1, 0.15) is 24.7 Å². The van der Waals surface area contributed by atoms with Crippen molar-refractivity contribution in [2.75, 3.05) is 60.2 Å². The van der Waals surface area contributed by atoms with E-state index in [0.29, 0.717) is 33.0 Å². The first-order valence-corrected chi connectivity index (χ1v) is 21.3. The van der Waals surface area contributed by atoms with E-state index in [0.717, 1.165) is 56.4 Å². The third-order valence-electron chi connectivity index (χ3n) is 8.03. The molecule has 5 rings (SSSR count). The first kappa shape index (κ1) is 36.7. The molecule has 0 saturated carbocycles. The van der Waals surface area contributed by atoms with Crippen molar-refractivity contribution in [3.63, 3.8) is 0 Å². The van der Waals surface area contributed by atoms with Crippen molar-refractivity contribution in [2.45, 2.75) is 17.6 Å². The molecule has 0 bridgehead atoms. The van der Waals surface area contributed by atoms with Gasteiger partial charge in [-0.15, -0.1) is 0 Å². The third kappa shape index (κ3) is 8.58. The second-order valence-electron chi connectivity index (χ2n) is 11.2. The average molecular weight is 748 g/mol. The van der Waals surface area contributed by atoms with Crippen molar-refractivity contribution in [1.82, 2.24) is 0 Å². The van der Waals surface area contributed by atoms with Crippen LogP contribution in [0.3, 0.4) is 0 Å². The average Bonchev–Trinajstić information content (AvgIpc) is 3.38. The summed E-state index contributed by atoms with van der Waals surface area (Å²) in [7, 11) is 0. The zero-order valence-corrected chi connectivity index (χ0v) is 31.3. The first-order valence-electron chi connectivity index (χ1n) is 15.4. The zero-order valence-electron chi connectivity index (χ0n) is 26.5. The molecule has 0 amide bonds. The highest BCUT2D eigenvalue weighted by molar-refractivity contribution is 8.03. The van der Waals surface area contributed by atoms with Crippen molar-refractivity contribution in [3.05, 3.63) is 117 Å². The Hall–Kier alpha value is -1.62. The van der Waals surface area contributed by atoms with Crippen LogP contribution in [0.1, 0.15) is 22.3 Å². The number of benzene rings is 4. The highest BCUT2D eigenvalue weighted by Crippen LogP contribution is 2.57. The minimum Gasteiger partial charge on any atom is -0.489 e. The number of hydrogen-bond acceptors (Lipinski definition) is 8. The van der Waals surface area contributed by atoms with Crippen LogP contribution in [0.4, 0.5) is 0 Å². The van der Waals surface area contributed by atoms with Gasteiger partial charge in [0.15, 0.2) is 0 Å². The van der Waals surface area contributed by atoms with Crippen LogP contribution in [0, 0.1) is 0 Å². The van der Waals surface area contributed by atoms with E-state index in [4.69, 9.17) is 32.7 Å². The smallest absolute Gasteiger partial charge is 0.138 e. The lowest BCUT2D eigenvalue weighted by Gasteiger charge is -2.34. The number of ether oxygens (including phenoxy) is 2. The van der Waals surface area contributed by atoms with E-state index in [1.807, 2.05) is 24.3 Å². The second kappa shape index (κ2) is 17.9. The van der Waals surface area contributed by atoms with Gasteiger partial charge in [-0.1, -0.05) is 83.9 Å². The van der Waals surface area contributed by atoms with Crippen LogP contribution in [0.25, 0.3) is 11.1 Å². The van der Waals surface area contributed by atoms with Crippen LogP contribution < -0.4 is 9.47 Å². The Bertz CT molecular complexity index is 1500. The minimum atomic E-state index is -0.710. The molecule has 2 N–H and O–H groups in total. The number of aliphatic hydroxyl groups excluding tert-OH is 2. The fraction of sp³-hybridized carbons (Fsp3) is 0.351. The Balaban J connectivity index is 1.46. The molecule has 0 aromatic heterocycles. The van der Waals surface area contributed by atoms with Crippen molar-refractivity contribution < 1.29 is 19.7 Å². The van der Waals surface area contributed by atoms with Gasteiger partial charge in [0, 0.05) is 34.5 Å². The number of rotatable bonds is 18. The molecule has 0 spiro atoms. The lowest BCUT2D eigenvalue weighted by molar-refractivity contribution is 0.126. The highest BCUT2D eigenvalue weighted by Gasteiger charge is 2.46. The molecule has 1 aliphatic carbocycles. The Morgan fingerprint density at radius 2 is 1.04 bits per heavy atom. The van der Waals surface area contributed by atoms with E-state index in [1.165, 1.54) is 0 Å². The number of thioether (sulfide) groups is 4. The minimum absolute atomic E-state index is 0.171. The van der Waals surface area contributed by atoms with Crippen LogP contribution in [0.15, 0.2) is 84.9 Å². The summed E-state index contributed by atoms with van der Waals surface area (Å²) in [6.45, 7) is 0.342. The summed E-state index contributed by atoms with van der Waals surface area (Å²) >= 11 is 20.9. The number of halogens is 2. The van der Waals surface area contributed by atoms with E-state index >= 15 is 0 Å². The van der Waals surface area contributed by atoms with E-state index in [9.17, 15) is 10.2 Å². The molecular formula is C37H40Cl2O4S4. The summed E-state index contributed by atoms with van der Waals surface area (Å²) < 4.78 is 12.0. The fourth-order valence-electron chi connectivity index (χ4n) is 5.92. The predicted octanol–water partition coefficient (Wildman–Crippen LogP) is 9.03. The Morgan fingerprint density at radius 3 is 1.45 bits per heavy atom. The van der Waals surface area contributed by atoms with Gasteiger partial charge in [-0.25, -0.2) is 0 Å². The van der Waals surface area contributed by atoms with E-state index in [-0.39, 0.29) is 13.2 Å². The standard InChI is InChI=1S/C37H40Cl2O4S4/c1-44-15-17-46-23-27(40)21-42-35-13-11-25(19-33(35)38)37(31-9-5-3-7-29(31)30-8-4-6-10-32(30)37)26-12-14-36(34(39)20-26)43-22-28(41)24-47-18-16-45-2/h3-14,19-20,27-28,40-41H,15-18,21-24H2,1-2H3. The topological polar surface area (TPSA) is 58.9 Å². The Morgan fingerprint density at radius 1 is 0.617 bits per heavy atom. The molecule has 2 atom stereocenters. The lowest BCUT2D eigenvalue weighted by Crippen LogP contribution is -2.29. The Labute approximate surface area is 305 Å². The summed E-state index contributed by atoms with van der Waals surface area (Å²) in [6, 6.07) is 28.8. The quantitative estimate of drug-likeness (QED) is 0.0863. The molecular weight excluding hydrogens is 708 g/mol. The largest absolute Gasteiger partial charge is 0.489 e. The first-order chi connectivity index (χ1) is 22.9. The van der Waals surface area contributed by atoms with E-state index in [1.54, 1.807) is 47.0 Å². The number of fused-ring (bicyclic) bond motifs is 3. The number of hydrogen-bond donors (Lipinski definition) is 2. The molecule has 0 aliphatic heterocycles. The normalized spacial score (nSPS) is 14.3. The maximum atomic E-state index is 10.5. The molecule has 2 unspecified atom stereocenters. The molecule has 250 valence electrons. The molecule has 47 heavy (non-hydrogen) atoms. The molecule has 0 heterocycles. The van der Waals surface area contributed by atoms with Crippen LogP contribution in [0.2, 0.25) is 10.0 Å². The fourth-order valence-corrected chi connectivity index (χ4v) is 9.73. The highest BCUT2D eigenvalue weighted by atomic mass is 35.5. The van der Waals surface area contributed by atoms with Crippen LogP contribution in [-0.2, 0) is 5.41 Å². The summed E-state index contributed by atoms with van der Waals surface area (Å²) in [4.78, 5) is 0. The van der Waals surface area contributed by atoms with E-state index < -0.39 is 17.6 Å². The van der Waals surface area contributed by atoms with Crippen molar-refractivity contribution in [2.24, 2.45) is 0 Å². The molecule has 0 saturated heterocycles. The van der Waals surface area contributed by atoms with Gasteiger partial charge in [0.05, 0.1) is 27.7 Å². The summed E-state index contributed by atoms with van der Waals surface area (Å²) in [6.07, 6.45) is 3.00. The molecule has 1 aliphatic rings. The lowest BCUT2D eigenvalue weighted by atomic mass is 9.67. The van der Waals surface area contributed by atoms with Gasteiger partial charge in [0.25, 0.3) is 0 Å². The van der Waals surface area contributed by atoms with Crippen molar-refractivity contribution in [3.8, 4) is 22.6 Å². The summed E-state index contributed by atoms with van der Waals surface area (Å²) in [5, 5.41) is 21.9. The van der Waals surface area contributed by atoms with E-state index in [2.05, 4.69) is 73.2 Å². The third-order valence-corrected chi connectivity index (χ3v) is 12.6. The van der Waals surface area contributed by atoms with Gasteiger partial charge in [-0.05, 0) is 70.2 Å². The SMILES string of the molecule is CSCCSCC(O)COc1ccc(C2(c3ccc(OCC(O)CSCCSC)c(Cl)c3)c3ccccc3-c3ccccc32)cc1Cl. The van der Waals surface area contributed by atoms with Crippen molar-refractivity contribution >= 4 is 70.2 Å². The van der Waals surface area contributed by atoms with Gasteiger partial charge >= 0.3 is 0 Å². The molecule has 4 aromatic rings. The molecule has 0 radical (unpaired) electrons. The van der Waals surface area contributed by atoms with Gasteiger partial charge < -0.3 is 19.7 Å². The monoisotopic (exact) mass is 746 g/mol. The van der Waals surface area contributed by atoms with Crippen LogP contribution in [-0.4, -0.2) is 82.7 Å². The molecule has 0 fully saturated rings. The van der Waals surface area contributed by atoms with Gasteiger partial charge in [0.2, 0.25) is 0 Å². The van der Waals surface area contributed by atoms with Crippen molar-refractivity contribution in [1.29, 1.82) is 0 Å². The summed E-state index contributed by atoms with van der Waals surface area (Å²) in [5.74, 6) is 6.40. The molecule has 4 nitrogen and oxygen atoms in total. The number of aliphatic hydroxyl groups is 2. The Kier molecular flexibility index (Phi) is 13.9. The second-order valence-corrected chi connectivity index (χ2v) is 16.3. The maximum absolute atomic E-state index is 10.5. The molecule has 4 aromatic carbocycles. The summed E-state index contributed by atoms with van der Waals surface area (Å²) in [5.41, 5.74) is 5.81. The molecule has 10 heteroatoms. The van der Waals surface area contributed by atoms with Crippen LogP contribution >= 0.6 is 70.2 Å².